The number of hydrogen-bond donors (Lipinski definition) is 2. The maximum absolute atomic E-state index is 13.9. The molecule has 1 amide bonds. The van der Waals surface area contributed by atoms with Crippen molar-refractivity contribution in [2.24, 2.45) is 22.2 Å². The molecule has 4 atom stereocenters. The molecule has 2 bridgehead atoms. The number of carbonyl (C=O) groups is 1. The van der Waals surface area contributed by atoms with Crippen LogP contribution in [0.5, 0.6) is 0 Å². The second kappa shape index (κ2) is 9.88. The minimum atomic E-state index is -4.37. The van der Waals surface area contributed by atoms with Gasteiger partial charge in [0.2, 0.25) is 10.0 Å². The Morgan fingerprint density at radius 2 is 1.85 bits per heavy atom. The number of hydrogen-bond acceptors (Lipinski definition) is 7. The molecule has 2 aromatic rings. The monoisotopic (exact) mass is 582 g/mol. The summed E-state index contributed by atoms with van der Waals surface area (Å²) in [7, 11) is -8.03. The number of rotatable bonds is 5. The van der Waals surface area contributed by atoms with E-state index in [9.17, 15) is 31.1 Å². The van der Waals surface area contributed by atoms with Gasteiger partial charge in [-0.05, 0) is 72.9 Å². The molecule has 14 heteroatoms. The van der Waals surface area contributed by atoms with Crippen LogP contribution in [0.15, 0.2) is 63.1 Å². The molecule has 2 aromatic carbocycles. The molecule has 0 aromatic heterocycles. The second-order valence-electron chi connectivity index (χ2n) is 10.3. The Hall–Kier alpha value is -2.45. The van der Waals surface area contributed by atoms with Gasteiger partial charge in [0.25, 0.3) is 15.9 Å². The molecule has 2 fully saturated rings. The minimum Gasteiger partial charge on any atom is -0.875 e. The molecule has 2 aliphatic carbocycles. The van der Waals surface area contributed by atoms with Crippen molar-refractivity contribution in [3.63, 3.8) is 0 Å². The molecular weight excluding hydrogens is 558 g/mol. The Morgan fingerprint density at radius 3 is 2.54 bits per heavy atom. The van der Waals surface area contributed by atoms with E-state index in [0.717, 1.165) is 31.6 Å². The fourth-order valence-corrected chi connectivity index (χ4v) is 8.06. The summed E-state index contributed by atoms with van der Waals surface area (Å²) in [5.41, 5.74) is 0.483. The van der Waals surface area contributed by atoms with E-state index in [0.29, 0.717) is 5.56 Å². The predicted molar refractivity (Wildman–Crippen MR) is 135 cm³/mol. The minimum absolute atomic E-state index is 0. The van der Waals surface area contributed by atoms with Crippen LogP contribution in [-0.2, 0) is 31.4 Å². The number of nitrogens with one attached hydrogen (secondary N) is 2. The number of sulfonamides is 2. The van der Waals surface area contributed by atoms with Gasteiger partial charge in [0.15, 0.2) is 5.84 Å². The van der Waals surface area contributed by atoms with Crippen LogP contribution in [0.2, 0.25) is 0 Å². The van der Waals surface area contributed by atoms with Crippen LogP contribution in [0, 0.1) is 23.6 Å². The molecule has 2 unspecified atom stereocenters. The van der Waals surface area contributed by atoms with Crippen LogP contribution in [-0.4, -0.2) is 45.8 Å². The number of nitrogens with zero attached hydrogens (tertiary/aromatic N) is 2. The molecule has 6 rings (SSSR count). The van der Waals surface area contributed by atoms with Gasteiger partial charge < -0.3 is 15.3 Å². The summed E-state index contributed by atoms with van der Waals surface area (Å²) in [6.07, 6.45) is 3.53. The number of fused-ring (bicyclic) bond motifs is 6. The summed E-state index contributed by atoms with van der Waals surface area (Å²) in [6.45, 7) is 0.150. The summed E-state index contributed by atoms with van der Waals surface area (Å²) in [4.78, 5) is 15.2. The SMILES string of the molecule is CS(=O)(=O)Nc1ccc2c(c1)S(=O)(=O)N=C(C1=C([O-])C3C([C@@H]4CC[C@H]3C4)N(Cc3ccc(F)cc3)C1=O)N2.[Na+]. The van der Waals surface area contributed by atoms with Crippen molar-refractivity contribution in [1.82, 2.24) is 4.90 Å². The van der Waals surface area contributed by atoms with Gasteiger partial charge in [-0.15, -0.1) is 10.2 Å². The summed E-state index contributed by atoms with van der Waals surface area (Å²) < 4.78 is 68.9. The maximum atomic E-state index is 13.9. The van der Waals surface area contributed by atoms with Gasteiger partial charge in [-0.25, -0.2) is 12.8 Å². The summed E-state index contributed by atoms with van der Waals surface area (Å²) in [5.74, 6) is -1.98. The molecule has 2 heterocycles. The molecule has 39 heavy (non-hydrogen) atoms. The van der Waals surface area contributed by atoms with Gasteiger partial charge >= 0.3 is 29.6 Å². The smallest absolute Gasteiger partial charge is 0.875 e. The molecule has 0 radical (unpaired) electrons. The van der Waals surface area contributed by atoms with E-state index < -0.39 is 43.4 Å². The number of halogens is 1. The predicted octanol–water partition coefficient (Wildman–Crippen LogP) is -1.21. The Bertz CT molecular complexity index is 1640. The average molecular weight is 583 g/mol. The topological polar surface area (TPSA) is 148 Å². The van der Waals surface area contributed by atoms with Crippen molar-refractivity contribution < 1.29 is 60.7 Å². The van der Waals surface area contributed by atoms with Gasteiger partial charge in [0.1, 0.15) is 10.7 Å². The Kier molecular flexibility index (Phi) is 7.11. The van der Waals surface area contributed by atoms with E-state index in [1.54, 1.807) is 17.0 Å². The van der Waals surface area contributed by atoms with Gasteiger partial charge in [0.05, 0.1) is 17.5 Å². The Labute approximate surface area is 247 Å². The fourth-order valence-electron chi connectivity index (χ4n) is 6.36. The van der Waals surface area contributed by atoms with E-state index in [-0.39, 0.29) is 81.7 Å². The van der Waals surface area contributed by atoms with Crippen LogP contribution in [0.1, 0.15) is 24.8 Å². The number of carbonyl (C=O) groups excluding carboxylic acids is 1. The van der Waals surface area contributed by atoms with Crippen LogP contribution >= 0.6 is 0 Å². The third-order valence-electron chi connectivity index (χ3n) is 7.79. The first kappa shape index (κ1) is 28.1. The van der Waals surface area contributed by atoms with Crippen LogP contribution < -0.4 is 44.7 Å². The standard InChI is InChI=1S/C25H25FN4O6S2.Na/c1-37(33,34)28-17-8-9-18-19(11-17)38(35,36)29-24(27-18)21-23(31)20-14-4-5-15(10-14)22(20)30(25(21)32)12-13-2-6-16(26)7-3-13;/h2-3,6-9,11,14-15,20,22,28,31H,4-5,10,12H2,1H3,(H,27,29);/q;+1/p-1/t14-,15+,20?,22?;/m0./s1. The van der Waals surface area contributed by atoms with E-state index in [4.69, 9.17) is 0 Å². The van der Waals surface area contributed by atoms with E-state index in [1.807, 2.05) is 0 Å². The van der Waals surface area contributed by atoms with Gasteiger partial charge in [-0.1, -0.05) is 12.1 Å². The first-order chi connectivity index (χ1) is 17.9. The van der Waals surface area contributed by atoms with E-state index in [1.165, 1.54) is 24.3 Å². The molecular formula is C25H24FN4NaO6S2. The number of anilines is 2. The fraction of sp³-hybridized carbons (Fsp3) is 0.360. The molecule has 4 aliphatic rings. The van der Waals surface area contributed by atoms with Crippen molar-refractivity contribution in [2.75, 3.05) is 16.3 Å². The zero-order chi connectivity index (χ0) is 27.0. The zero-order valence-corrected chi connectivity index (χ0v) is 24.9. The van der Waals surface area contributed by atoms with E-state index in [2.05, 4.69) is 14.4 Å². The Balaban J connectivity index is 0.00000308. The number of benzene rings is 2. The summed E-state index contributed by atoms with van der Waals surface area (Å²) >= 11 is 0. The van der Waals surface area contributed by atoms with Crippen molar-refractivity contribution in [2.45, 2.75) is 36.7 Å². The van der Waals surface area contributed by atoms with Gasteiger partial charge in [0, 0.05) is 18.3 Å². The number of amidine groups is 1. The largest absolute Gasteiger partial charge is 1.00 e. The molecule has 200 valence electrons. The maximum Gasteiger partial charge on any atom is 1.00 e. The zero-order valence-electron chi connectivity index (χ0n) is 21.2. The molecule has 2 saturated carbocycles. The third kappa shape index (κ3) is 4.99. The molecule has 0 saturated heterocycles. The van der Waals surface area contributed by atoms with Crippen molar-refractivity contribution in [1.29, 1.82) is 0 Å². The van der Waals surface area contributed by atoms with E-state index >= 15 is 0 Å². The number of amides is 1. The first-order valence-electron chi connectivity index (χ1n) is 12.1. The quantitative estimate of drug-likeness (QED) is 0.420. The van der Waals surface area contributed by atoms with Crippen molar-refractivity contribution >= 4 is 43.2 Å². The first-order valence-corrected chi connectivity index (χ1v) is 15.5. The van der Waals surface area contributed by atoms with Crippen LogP contribution in [0.4, 0.5) is 15.8 Å². The molecule has 2 N–H and O–H groups in total. The van der Waals surface area contributed by atoms with Crippen LogP contribution in [0.25, 0.3) is 0 Å². The van der Waals surface area contributed by atoms with Crippen molar-refractivity contribution in [3.8, 4) is 0 Å². The molecule has 2 aliphatic heterocycles. The van der Waals surface area contributed by atoms with Gasteiger partial charge in [-0.2, -0.15) is 8.42 Å². The molecule has 0 spiro atoms. The second-order valence-corrected chi connectivity index (χ2v) is 13.6. The normalized spacial score (nSPS) is 26.8. The van der Waals surface area contributed by atoms with Gasteiger partial charge in [-0.3, -0.25) is 9.52 Å². The summed E-state index contributed by atoms with van der Waals surface area (Å²) in [6, 6.07) is 9.32. The summed E-state index contributed by atoms with van der Waals surface area (Å²) in [5, 5.41) is 16.6. The van der Waals surface area contributed by atoms with Crippen LogP contribution in [0.3, 0.4) is 0 Å². The average Bonchev–Trinajstić information content (AvgIpc) is 3.45. The Morgan fingerprint density at radius 1 is 1.15 bits per heavy atom. The third-order valence-corrected chi connectivity index (χ3v) is 9.71. The molecule has 10 nitrogen and oxygen atoms in total. The van der Waals surface area contributed by atoms with Crippen molar-refractivity contribution in [3.05, 3.63) is 65.2 Å².